The Morgan fingerprint density at radius 3 is 2.75 bits per heavy atom. The van der Waals surface area contributed by atoms with Crippen LogP contribution in [-0.4, -0.2) is 48.5 Å². The third kappa shape index (κ3) is 4.41. The van der Waals surface area contributed by atoms with Gasteiger partial charge in [0.2, 0.25) is 11.8 Å². The number of thioether (sulfide) groups is 1. The van der Waals surface area contributed by atoms with Crippen molar-refractivity contribution in [1.29, 1.82) is 0 Å². The molecule has 0 saturated heterocycles. The molecule has 0 fully saturated rings. The molecule has 0 spiro atoms. The van der Waals surface area contributed by atoms with Gasteiger partial charge in [0.15, 0.2) is 11.0 Å². The molecule has 148 valence electrons. The van der Waals surface area contributed by atoms with Crippen LogP contribution >= 0.6 is 11.8 Å². The molecule has 0 bridgehead atoms. The fourth-order valence-corrected chi connectivity index (χ4v) is 3.63. The highest BCUT2D eigenvalue weighted by Gasteiger charge is 2.18. The van der Waals surface area contributed by atoms with Gasteiger partial charge in [0.05, 0.1) is 18.0 Å². The highest BCUT2D eigenvalue weighted by Crippen LogP contribution is 2.25. The summed E-state index contributed by atoms with van der Waals surface area (Å²) in [5.74, 6) is 2.06. The zero-order valence-electron chi connectivity index (χ0n) is 16.8. The van der Waals surface area contributed by atoms with Crippen molar-refractivity contribution >= 4 is 17.7 Å². The van der Waals surface area contributed by atoms with Crippen LogP contribution in [0.1, 0.15) is 35.6 Å². The first-order valence-corrected chi connectivity index (χ1v) is 10.1. The van der Waals surface area contributed by atoms with Crippen molar-refractivity contribution in [3.63, 3.8) is 0 Å². The quantitative estimate of drug-likeness (QED) is 0.563. The summed E-state index contributed by atoms with van der Waals surface area (Å²) in [5.41, 5.74) is 3.32. The number of hydrogen-bond donors (Lipinski definition) is 0. The van der Waals surface area contributed by atoms with Crippen LogP contribution in [0.25, 0.3) is 5.69 Å². The Balaban J connectivity index is 1.69. The van der Waals surface area contributed by atoms with E-state index in [1.807, 2.05) is 18.4 Å². The first-order valence-electron chi connectivity index (χ1n) is 9.07. The van der Waals surface area contributed by atoms with Gasteiger partial charge in [-0.25, -0.2) is 0 Å². The van der Waals surface area contributed by atoms with E-state index in [1.54, 1.807) is 11.9 Å². The summed E-state index contributed by atoms with van der Waals surface area (Å²) in [6, 6.07) is 6.25. The molecular weight excluding hydrogens is 376 g/mol. The molecule has 1 amide bonds. The Hall–Kier alpha value is -2.68. The highest BCUT2D eigenvalue weighted by molar-refractivity contribution is 7.99. The average Bonchev–Trinajstić information content (AvgIpc) is 3.28. The second-order valence-corrected chi connectivity index (χ2v) is 7.59. The summed E-state index contributed by atoms with van der Waals surface area (Å²) in [5, 5.41) is 13.0. The monoisotopic (exact) mass is 400 g/mol. The van der Waals surface area contributed by atoms with Gasteiger partial charge in [-0.1, -0.05) is 36.0 Å². The van der Waals surface area contributed by atoms with Crippen LogP contribution in [0, 0.1) is 20.8 Å². The van der Waals surface area contributed by atoms with E-state index in [2.05, 4.69) is 52.4 Å². The fourth-order valence-electron chi connectivity index (χ4n) is 2.70. The van der Waals surface area contributed by atoms with Gasteiger partial charge >= 0.3 is 0 Å². The molecule has 0 aliphatic carbocycles. The van der Waals surface area contributed by atoms with Gasteiger partial charge in [-0.2, -0.15) is 4.98 Å². The van der Waals surface area contributed by atoms with Crippen LogP contribution in [-0.2, 0) is 17.8 Å². The lowest BCUT2D eigenvalue weighted by atomic mass is 10.1. The number of aryl methyl sites for hydroxylation is 4. The number of aromatic nitrogens is 5. The van der Waals surface area contributed by atoms with Crippen molar-refractivity contribution in [2.24, 2.45) is 0 Å². The van der Waals surface area contributed by atoms with Gasteiger partial charge in [-0.3, -0.25) is 9.36 Å². The van der Waals surface area contributed by atoms with Gasteiger partial charge in [0.1, 0.15) is 5.82 Å². The maximum Gasteiger partial charge on any atom is 0.246 e. The van der Waals surface area contributed by atoms with Gasteiger partial charge in [0, 0.05) is 13.5 Å². The lowest BCUT2D eigenvalue weighted by Crippen LogP contribution is -2.28. The van der Waals surface area contributed by atoms with Gasteiger partial charge in [-0.05, 0) is 38.0 Å². The van der Waals surface area contributed by atoms with E-state index in [0.29, 0.717) is 23.3 Å². The van der Waals surface area contributed by atoms with Crippen molar-refractivity contribution in [1.82, 2.24) is 29.8 Å². The second kappa shape index (κ2) is 8.55. The smallest absolute Gasteiger partial charge is 0.246 e. The van der Waals surface area contributed by atoms with Crippen molar-refractivity contribution in [2.45, 2.75) is 45.8 Å². The van der Waals surface area contributed by atoms with Crippen LogP contribution in [0.15, 0.2) is 27.9 Å². The second-order valence-electron chi connectivity index (χ2n) is 6.65. The fraction of sp³-hybridized carbons (Fsp3) is 0.421. The van der Waals surface area contributed by atoms with Crippen LogP contribution in [0.5, 0.6) is 0 Å². The molecule has 0 N–H and O–H groups in total. The van der Waals surface area contributed by atoms with Crippen LogP contribution in [0.3, 0.4) is 0 Å². The Labute approximate surface area is 168 Å². The summed E-state index contributed by atoms with van der Waals surface area (Å²) >= 11 is 1.37. The summed E-state index contributed by atoms with van der Waals surface area (Å²) in [7, 11) is 1.72. The van der Waals surface area contributed by atoms with Crippen molar-refractivity contribution in [3.8, 4) is 5.69 Å². The normalized spacial score (nSPS) is 11.0. The van der Waals surface area contributed by atoms with Crippen LogP contribution in [0.2, 0.25) is 0 Å². The van der Waals surface area contributed by atoms with Crippen molar-refractivity contribution in [3.05, 3.63) is 46.9 Å². The number of carbonyl (C=O) groups excluding carboxylic acids is 1. The minimum absolute atomic E-state index is 0.0468. The van der Waals surface area contributed by atoms with Crippen LogP contribution in [0.4, 0.5) is 0 Å². The van der Waals surface area contributed by atoms with E-state index >= 15 is 0 Å². The van der Waals surface area contributed by atoms with E-state index in [4.69, 9.17) is 4.52 Å². The third-order valence-electron chi connectivity index (χ3n) is 4.35. The zero-order chi connectivity index (χ0) is 20.3. The van der Waals surface area contributed by atoms with Crippen molar-refractivity contribution < 1.29 is 9.32 Å². The number of carbonyl (C=O) groups is 1. The number of hydrogen-bond acceptors (Lipinski definition) is 7. The Morgan fingerprint density at radius 2 is 2.04 bits per heavy atom. The number of nitrogens with zero attached hydrogens (tertiary/aromatic N) is 6. The molecule has 0 atom stereocenters. The minimum atomic E-state index is -0.0468. The molecule has 9 heteroatoms. The molecule has 0 saturated carbocycles. The van der Waals surface area contributed by atoms with Gasteiger partial charge in [0.25, 0.3) is 0 Å². The number of rotatable bonds is 7. The van der Waals surface area contributed by atoms with Crippen LogP contribution < -0.4 is 0 Å². The SMILES string of the molecule is CCc1noc(CN(C)C(=O)CSc2nnc(C)n2-c2cc(C)ccc2C)n1. The molecule has 0 aliphatic heterocycles. The molecule has 2 heterocycles. The van der Waals surface area contributed by atoms with Gasteiger partial charge < -0.3 is 9.42 Å². The standard InChI is InChI=1S/C19H24N6O2S/c1-6-16-20-17(27-23-16)10-24(5)18(26)11-28-19-22-21-14(4)25(19)15-9-12(2)7-8-13(15)3/h7-9H,6,10-11H2,1-5H3. The van der Waals surface area contributed by atoms with E-state index in [-0.39, 0.29) is 18.2 Å². The Morgan fingerprint density at radius 1 is 1.25 bits per heavy atom. The minimum Gasteiger partial charge on any atom is -0.337 e. The molecule has 0 radical (unpaired) electrons. The predicted molar refractivity (Wildman–Crippen MR) is 106 cm³/mol. The molecular formula is C19H24N6O2S. The maximum absolute atomic E-state index is 12.5. The van der Waals surface area contributed by atoms with Gasteiger partial charge in [-0.15, -0.1) is 10.2 Å². The van der Waals surface area contributed by atoms with E-state index in [9.17, 15) is 4.79 Å². The largest absolute Gasteiger partial charge is 0.337 e. The average molecular weight is 401 g/mol. The lowest BCUT2D eigenvalue weighted by Gasteiger charge is -2.15. The summed E-state index contributed by atoms with van der Waals surface area (Å²) < 4.78 is 7.15. The molecule has 0 aliphatic rings. The van der Waals surface area contributed by atoms with E-state index in [0.717, 1.165) is 22.6 Å². The van der Waals surface area contributed by atoms with Crippen molar-refractivity contribution in [2.75, 3.05) is 12.8 Å². The van der Waals surface area contributed by atoms with E-state index < -0.39 is 0 Å². The first-order chi connectivity index (χ1) is 13.4. The molecule has 28 heavy (non-hydrogen) atoms. The van der Waals surface area contributed by atoms with E-state index in [1.165, 1.54) is 11.8 Å². The molecule has 8 nitrogen and oxygen atoms in total. The third-order valence-corrected chi connectivity index (χ3v) is 5.26. The summed E-state index contributed by atoms with van der Waals surface area (Å²) in [4.78, 5) is 18.3. The maximum atomic E-state index is 12.5. The number of benzene rings is 1. The molecule has 3 aromatic rings. The zero-order valence-corrected chi connectivity index (χ0v) is 17.6. The summed E-state index contributed by atoms with van der Waals surface area (Å²) in [6.07, 6.45) is 0.699. The molecule has 3 rings (SSSR count). The first kappa shape index (κ1) is 20.1. The Kier molecular flexibility index (Phi) is 6.13. The lowest BCUT2D eigenvalue weighted by molar-refractivity contribution is -0.127. The number of amides is 1. The predicted octanol–water partition coefficient (Wildman–Crippen LogP) is 2.89. The highest BCUT2D eigenvalue weighted by atomic mass is 32.2. The topological polar surface area (TPSA) is 89.9 Å². The molecule has 0 unspecified atom stereocenters. The molecule has 2 aromatic heterocycles. The summed E-state index contributed by atoms with van der Waals surface area (Å²) in [6.45, 7) is 8.25. The molecule has 1 aromatic carbocycles. The Bertz CT molecular complexity index is 981.